The van der Waals surface area contributed by atoms with Gasteiger partial charge in [0.15, 0.2) is 0 Å². The van der Waals surface area contributed by atoms with Gasteiger partial charge in [-0.2, -0.15) is 5.10 Å². The summed E-state index contributed by atoms with van der Waals surface area (Å²) in [5, 5.41) is 10.4. The van der Waals surface area contributed by atoms with E-state index in [-0.39, 0.29) is 18.4 Å². The highest BCUT2D eigenvalue weighted by atomic mass is 35.5. The molecular weight excluding hydrogens is 388 g/mol. The molecule has 0 atom stereocenters. The van der Waals surface area contributed by atoms with E-state index < -0.39 is 0 Å². The van der Waals surface area contributed by atoms with E-state index in [2.05, 4.69) is 15.7 Å². The molecule has 3 aromatic rings. The van der Waals surface area contributed by atoms with E-state index in [1.807, 2.05) is 48.9 Å². The Morgan fingerprint density at radius 2 is 1.76 bits per heavy atom. The van der Waals surface area contributed by atoms with Crippen LogP contribution in [0.4, 0.5) is 5.69 Å². The molecule has 3 rings (SSSR count). The fraction of sp³-hybridized carbons (Fsp3) is 0.136. The molecule has 29 heavy (non-hydrogen) atoms. The lowest BCUT2D eigenvalue weighted by atomic mass is 10.2. The Hall–Kier alpha value is -3.38. The fourth-order valence-corrected chi connectivity index (χ4v) is 2.97. The number of amides is 2. The Labute approximate surface area is 174 Å². The number of hydrogen-bond donors (Lipinski definition) is 2. The molecule has 0 aliphatic carbocycles. The van der Waals surface area contributed by atoms with Gasteiger partial charge in [-0.3, -0.25) is 9.59 Å². The molecule has 0 saturated carbocycles. The van der Waals surface area contributed by atoms with Crippen molar-refractivity contribution in [3.63, 3.8) is 0 Å². The second kappa shape index (κ2) is 9.21. The number of aromatic nitrogens is 2. The number of carbonyl (C=O) groups is 2. The molecule has 0 saturated heterocycles. The summed E-state index contributed by atoms with van der Waals surface area (Å²) in [4.78, 5) is 24.0. The number of aryl methyl sites for hydroxylation is 1. The van der Waals surface area contributed by atoms with Crippen molar-refractivity contribution in [2.24, 2.45) is 0 Å². The Morgan fingerprint density at radius 1 is 1.07 bits per heavy atom. The van der Waals surface area contributed by atoms with Gasteiger partial charge in [-0.15, -0.1) is 0 Å². The van der Waals surface area contributed by atoms with Gasteiger partial charge in [0.1, 0.15) is 0 Å². The van der Waals surface area contributed by atoms with E-state index >= 15 is 0 Å². The summed E-state index contributed by atoms with van der Waals surface area (Å²) in [7, 11) is 0. The molecule has 0 unspecified atom stereocenters. The number of nitrogens with one attached hydrogen (secondary N) is 2. The molecule has 2 aromatic carbocycles. The van der Waals surface area contributed by atoms with Gasteiger partial charge in [-0.25, -0.2) is 4.68 Å². The molecule has 2 N–H and O–H groups in total. The predicted octanol–water partition coefficient (Wildman–Crippen LogP) is 3.91. The van der Waals surface area contributed by atoms with Crippen LogP contribution in [0.1, 0.15) is 17.0 Å². The van der Waals surface area contributed by atoms with E-state index in [0.717, 1.165) is 22.6 Å². The van der Waals surface area contributed by atoms with Crippen molar-refractivity contribution in [2.45, 2.75) is 13.8 Å². The first-order valence-corrected chi connectivity index (χ1v) is 9.45. The summed E-state index contributed by atoms with van der Waals surface area (Å²) in [5.74, 6) is -0.680. The standard InChI is InChI=1S/C22H21ClN4O2/c1-15-20(16(2)27(26-15)19-6-4-3-5-7-19)12-13-21(28)24-14-22(29)25-18-10-8-17(23)9-11-18/h3-13H,14H2,1-2H3,(H,24,28)(H,25,29). The molecule has 0 spiro atoms. The second-order valence-corrected chi connectivity index (χ2v) is 6.87. The maximum Gasteiger partial charge on any atom is 0.244 e. The molecule has 7 heteroatoms. The predicted molar refractivity (Wildman–Crippen MR) is 115 cm³/mol. The van der Waals surface area contributed by atoms with Gasteiger partial charge in [-0.1, -0.05) is 29.8 Å². The van der Waals surface area contributed by atoms with Gasteiger partial charge in [-0.05, 0) is 56.3 Å². The quantitative estimate of drug-likeness (QED) is 0.607. The Bertz CT molecular complexity index is 1040. The third kappa shape index (κ3) is 5.33. The van der Waals surface area contributed by atoms with Crippen molar-refractivity contribution in [2.75, 3.05) is 11.9 Å². The maximum atomic E-state index is 12.1. The fourth-order valence-electron chi connectivity index (χ4n) is 2.84. The molecule has 1 aromatic heterocycles. The van der Waals surface area contributed by atoms with Crippen LogP contribution in [0, 0.1) is 13.8 Å². The largest absolute Gasteiger partial charge is 0.343 e. The van der Waals surface area contributed by atoms with Gasteiger partial charge in [0.05, 0.1) is 17.9 Å². The number of anilines is 1. The highest BCUT2D eigenvalue weighted by Gasteiger charge is 2.11. The highest BCUT2D eigenvalue weighted by molar-refractivity contribution is 6.30. The van der Waals surface area contributed by atoms with Crippen LogP contribution in [0.2, 0.25) is 5.02 Å². The summed E-state index contributed by atoms with van der Waals surface area (Å²) in [6.07, 6.45) is 3.12. The van der Waals surface area contributed by atoms with Gasteiger partial charge < -0.3 is 10.6 Å². The Balaban J connectivity index is 1.58. The summed E-state index contributed by atoms with van der Waals surface area (Å²) in [6.45, 7) is 3.71. The van der Waals surface area contributed by atoms with Crippen molar-refractivity contribution < 1.29 is 9.59 Å². The molecule has 6 nitrogen and oxygen atoms in total. The van der Waals surface area contributed by atoms with E-state index in [1.165, 1.54) is 6.08 Å². The van der Waals surface area contributed by atoms with Gasteiger partial charge in [0.25, 0.3) is 0 Å². The first-order valence-electron chi connectivity index (χ1n) is 9.07. The van der Waals surface area contributed by atoms with Crippen molar-refractivity contribution in [1.29, 1.82) is 0 Å². The van der Waals surface area contributed by atoms with Crippen LogP contribution in [-0.2, 0) is 9.59 Å². The first-order chi connectivity index (χ1) is 13.9. The maximum absolute atomic E-state index is 12.1. The lowest BCUT2D eigenvalue weighted by molar-refractivity contribution is -0.121. The number of benzene rings is 2. The SMILES string of the molecule is Cc1nn(-c2ccccc2)c(C)c1C=CC(=O)NCC(=O)Nc1ccc(Cl)cc1. The van der Waals surface area contributed by atoms with Crippen LogP contribution < -0.4 is 10.6 Å². The van der Waals surface area contributed by atoms with Crippen molar-refractivity contribution in [3.05, 3.63) is 82.6 Å². The molecule has 0 aliphatic heterocycles. The summed E-state index contributed by atoms with van der Waals surface area (Å²) >= 11 is 5.81. The van der Waals surface area contributed by atoms with Crippen molar-refractivity contribution >= 4 is 35.2 Å². The monoisotopic (exact) mass is 408 g/mol. The Kier molecular flexibility index (Phi) is 6.46. The van der Waals surface area contributed by atoms with Crippen LogP contribution in [0.5, 0.6) is 0 Å². The number of hydrogen-bond acceptors (Lipinski definition) is 3. The molecule has 0 bridgehead atoms. The zero-order valence-corrected chi connectivity index (χ0v) is 16.9. The average Bonchev–Trinajstić information content (AvgIpc) is 3.01. The normalized spacial score (nSPS) is 10.9. The molecule has 0 radical (unpaired) electrons. The molecule has 148 valence electrons. The minimum Gasteiger partial charge on any atom is -0.343 e. The third-order valence-corrected chi connectivity index (χ3v) is 4.55. The Morgan fingerprint density at radius 3 is 2.45 bits per heavy atom. The van der Waals surface area contributed by atoms with Crippen LogP contribution >= 0.6 is 11.6 Å². The van der Waals surface area contributed by atoms with E-state index in [0.29, 0.717) is 10.7 Å². The number of carbonyl (C=O) groups excluding carboxylic acids is 2. The summed E-state index contributed by atoms with van der Waals surface area (Å²) in [6, 6.07) is 16.5. The zero-order chi connectivity index (χ0) is 20.8. The molecular formula is C22H21ClN4O2. The topological polar surface area (TPSA) is 76.0 Å². The lowest BCUT2D eigenvalue weighted by Crippen LogP contribution is -2.31. The van der Waals surface area contributed by atoms with Gasteiger partial charge in [0, 0.05) is 28.0 Å². The number of rotatable bonds is 6. The first kappa shape index (κ1) is 20.4. The molecule has 2 amide bonds. The second-order valence-electron chi connectivity index (χ2n) is 6.44. The van der Waals surface area contributed by atoms with Crippen LogP contribution in [0.25, 0.3) is 11.8 Å². The van der Waals surface area contributed by atoms with Gasteiger partial charge >= 0.3 is 0 Å². The van der Waals surface area contributed by atoms with Crippen molar-refractivity contribution in [3.8, 4) is 5.69 Å². The molecule has 1 heterocycles. The smallest absolute Gasteiger partial charge is 0.244 e. The average molecular weight is 409 g/mol. The van der Waals surface area contributed by atoms with E-state index in [1.54, 1.807) is 30.3 Å². The molecule has 0 fully saturated rings. The number of nitrogens with zero attached hydrogens (tertiary/aromatic N) is 2. The van der Waals surface area contributed by atoms with Crippen LogP contribution in [0.3, 0.4) is 0 Å². The minimum atomic E-state index is -0.359. The van der Waals surface area contributed by atoms with Crippen molar-refractivity contribution in [1.82, 2.24) is 15.1 Å². The number of halogens is 1. The lowest BCUT2D eigenvalue weighted by Gasteiger charge is -2.05. The van der Waals surface area contributed by atoms with E-state index in [4.69, 9.17) is 11.6 Å². The molecule has 0 aliphatic rings. The minimum absolute atomic E-state index is 0.132. The number of para-hydroxylation sites is 1. The van der Waals surface area contributed by atoms with Crippen LogP contribution in [-0.4, -0.2) is 28.1 Å². The van der Waals surface area contributed by atoms with Gasteiger partial charge in [0.2, 0.25) is 11.8 Å². The van der Waals surface area contributed by atoms with Crippen LogP contribution in [0.15, 0.2) is 60.7 Å². The summed E-state index contributed by atoms with van der Waals surface area (Å²) in [5.41, 5.74) is 4.18. The summed E-state index contributed by atoms with van der Waals surface area (Å²) < 4.78 is 1.84. The van der Waals surface area contributed by atoms with E-state index in [9.17, 15) is 9.59 Å². The zero-order valence-electron chi connectivity index (χ0n) is 16.1. The highest BCUT2D eigenvalue weighted by Crippen LogP contribution is 2.19. The third-order valence-electron chi connectivity index (χ3n) is 4.30.